The third kappa shape index (κ3) is 3.89. The number of carboxylic acid groups (broad SMARTS) is 1. The highest BCUT2D eigenvalue weighted by molar-refractivity contribution is 7.90. The summed E-state index contributed by atoms with van der Waals surface area (Å²) in [5.41, 5.74) is 4.49. The van der Waals surface area contributed by atoms with E-state index in [0.29, 0.717) is 12.8 Å². The summed E-state index contributed by atoms with van der Waals surface area (Å²) in [6.45, 7) is 0.490. The zero-order valence-electron chi connectivity index (χ0n) is 12.5. The molecule has 10 heteroatoms. The normalized spacial score (nSPS) is 17.1. The van der Waals surface area contributed by atoms with Gasteiger partial charge >= 0.3 is 16.2 Å². The van der Waals surface area contributed by atoms with Crippen LogP contribution < -0.4 is 10.5 Å². The molecule has 0 amide bonds. The molecule has 0 spiro atoms. The van der Waals surface area contributed by atoms with E-state index in [1.807, 2.05) is 0 Å². The highest BCUT2D eigenvalue weighted by Gasteiger charge is 2.29. The maximum atomic E-state index is 13.5. The van der Waals surface area contributed by atoms with E-state index >= 15 is 0 Å². The number of piperidine rings is 1. The number of hydrogen-bond acceptors (Lipinski definition) is 5. The minimum atomic E-state index is -3.96. The van der Waals surface area contributed by atoms with Crippen LogP contribution in [0.25, 0.3) is 0 Å². The van der Waals surface area contributed by atoms with Gasteiger partial charge in [0.05, 0.1) is 23.0 Å². The zero-order chi connectivity index (χ0) is 17.2. The summed E-state index contributed by atoms with van der Waals surface area (Å²) in [4.78, 5) is 11.0. The number of anilines is 2. The molecule has 23 heavy (non-hydrogen) atoms. The Morgan fingerprint density at radius 2 is 2.04 bits per heavy atom. The summed E-state index contributed by atoms with van der Waals surface area (Å²) in [6, 6.07) is 1.58. The van der Waals surface area contributed by atoms with Gasteiger partial charge in [0.1, 0.15) is 5.82 Å². The minimum Gasteiger partial charge on any atom is -0.478 e. The topological polar surface area (TPSA) is 122 Å². The Labute approximate surface area is 133 Å². The molecule has 1 aliphatic rings. The Hall–Kier alpha value is -1.91. The van der Waals surface area contributed by atoms with Gasteiger partial charge in [0.2, 0.25) is 0 Å². The number of nitrogens with one attached hydrogen (secondary N) is 1. The molecule has 1 aliphatic heterocycles. The highest BCUT2D eigenvalue weighted by Crippen LogP contribution is 2.27. The largest absolute Gasteiger partial charge is 0.478 e. The molecular weight excluding hydrogens is 329 g/mol. The van der Waals surface area contributed by atoms with Crippen molar-refractivity contribution in [1.29, 1.82) is 0 Å². The van der Waals surface area contributed by atoms with E-state index in [1.165, 1.54) is 4.31 Å². The van der Waals surface area contributed by atoms with Crippen LogP contribution in [0.15, 0.2) is 12.1 Å². The molecule has 1 heterocycles. The van der Waals surface area contributed by atoms with Crippen molar-refractivity contribution >= 4 is 27.6 Å². The lowest BCUT2D eigenvalue weighted by molar-refractivity contribution is 0.0605. The molecule has 0 unspecified atom stereocenters. The third-order valence-electron chi connectivity index (χ3n) is 3.69. The fraction of sp³-hybridized carbons (Fsp3) is 0.462. The van der Waals surface area contributed by atoms with Crippen molar-refractivity contribution in [1.82, 2.24) is 4.31 Å². The van der Waals surface area contributed by atoms with Gasteiger partial charge in [0.25, 0.3) is 0 Å². The number of rotatable bonds is 5. The Bertz CT molecular complexity index is 702. The van der Waals surface area contributed by atoms with Gasteiger partial charge in [0, 0.05) is 26.3 Å². The molecule has 1 fully saturated rings. The molecule has 1 saturated heterocycles. The standard InChI is InChI=1S/C13H18FN3O5S/c1-22-9-2-4-17(5-3-9)23(20,21)16-11-7-8(14)6-10(12(11)15)13(18)19/h6-7,9,16H,2-5,15H2,1H3,(H,18,19). The summed E-state index contributed by atoms with van der Waals surface area (Å²) < 4.78 is 46.7. The van der Waals surface area contributed by atoms with Gasteiger partial charge in [-0.25, -0.2) is 9.18 Å². The molecule has 0 aliphatic carbocycles. The number of aromatic carboxylic acids is 1. The number of benzene rings is 1. The van der Waals surface area contributed by atoms with Crippen molar-refractivity contribution in [2.75, 3.05) is 30.7 Å². The molecule has 0 saturated carbocycles. The Morgan fingerprint density at radius 3 is 2.57 bits per heavy atom. The fourth-order valence-corrected chi connectivity index (χ4v) is 3.66. The van der Waals surface area contributed by atoms with E-state index in [2.05, 4.69) is 4.72 Å². The monoisotopic (exact) mass is 347 g/mol. The third-order valence-corrected chi connectivity index (χ3v) is 5.21. The first-order valence-corrected chi connectivity index (χ1v) is 8.31. The SMILES string of the molecule is COC1CCN(S(=O)(=O)Nc2cc(F)cc(C(=O)O)c2N)CC1. The summed E-state index contributed by atoms with van der Waals surface area (Å²) in [5, 5.41) is 8.97. The van der Waals surface area contributed by atoms with E-state index in [1.54, 1.807) is 7.11 Å². The predicted molar refractivity (Wildman–Crippen MR) is 81.9 cm³/mol. The van der Waals surface area contributed by atoms with Gasteiger partial charge in [-0.1, -0.05) is 0 Å². The van der Waals surface area contributed by atoms with Crippen LogP contribution in [0.2, 0.25) is 0 Å². The van der Waals surface area contributed by atoms with Gasteiger partial charge < -0.3 is 15.6 Å². The first-order valence-electron chi connectivity index (χ1n) is 6.87. The quantitative estimate of drug-likeness (QED) is 0.680. The first kappa shape index (κ1) is 17.4. The number of methoxy groups -OCH3 is 1. The predicted octanol–water partition coefficient (Wildman–Crippen LogP) is 0.874. The Kier molecular flexibility index (Phi) is 5.07. The van der Waals surface area contributed by atoms with Crippen LogP contribution in [-0.4, -0.2) is 50.1 Å². The number of hydrogen-bond donors (Lipinski definition) is 3. The van der Waals surface area contributed by atoms with Gasteiger partial charge in [-0.05, 0) is 18.9 Å². The van der Waals surface area contributed by atoms with Crippen LogP contribution in [0.5, 0.6) is 0 Å². The lowest BCUT2D eigenvalue weighted by Gasteiger charge is -2.30. The van der Waals surface area contributed by atoms with E-state index in [-0.39, 0.29) is 30.6 Å². The number of nitrogen functional groups attached to an aromatic ring is 1. The Morgan fingerprint density at radius 1 is 1.43 bits per heavy atom. The molecular formula is C13H18FN3O5S. The number of carboxylic acids is 1. The molecule has 8 nitrogen and oxygen atoms in total. The first-order chi connectivity index (χ1) is 10.7. The van der Waals surface area contributed by atoms with E-state index in [4.69, 9.17) is 15.6 Å². The molecule has 0 bridgehead atoms. The minimum absolute atomic E-state index is 0.000646. The second kappa shape index (κ2) is 6.69. The molecule has 0 atom stereocenters. The number of nitrogens with two attached hydrogens (primary N) is 1. The van der Waals surface area contributed by atoms with E-state index in [0.717, 1.165) is 12.1 Å². The Balaban J connectivity index is 2.23. The van der Waals surface area contributed by atoms with Crippen LogP contribution in [0.4, 0.5) is 15.8 Å². The van der Waals surface area contributed by atoms with E-state index in [9.17, 15) is 17.6 Å². The van der Waals surface area contributed by atoms with Crippen molar-refractivity contribution < 1.29 is 27.4 Å². The maximum Gasteiger partial charge on any atom is 0.337 e. The molecule has 4 N–H and O–H groups in total. The van der Waals surface area contributed by atoms with Gasteiger partial charge in [-0.3, -0.25) is 4.72 Å². The van der Waals surface area contributed by atoms with Crippen molar-refractivity contribution in [2.45, 2.75) is 18.9 Å². The number of nitrogens with zero attached hydrogens (tertiary/aromatic N) is 1. The van der Waals surface area contributed by atoms with Gasteiger partial charge in [0.15, 0.2) is 0 Å². The van der Waals surface area contributed by atoms with Crippen LogP contribution in [0.3, 0.4) is 0 Å². The van der Waals surface area contributed by atoms with Crippen molar-refractivity contribution in [3.05, 3.63) is 23.5 Å². The summed E-state index contributed by atoms with van der Waals surface area (Å²) in [5.74, 6) is -2.34. The summed E-state index contributed by atoms with van der Waals surface area (Å²) >= 11 is 0. The molecule has 1 aromatic carbocycles. The molecule has 2 rings (SSSR count). The smallest absolute Gasteiger partial charge is 0.337 e. The molecule has 128 valence electrons. The zero-order valence-corrected chi connectivity index (χ0v) is 13.3. The van der Waals surface area contributed by atoms with Crippen LogP contribution in [-0.2, 0) is 14.9 Å². The highest BCUT2D eigenvalue weighted by atomic mass is 32.2. The lowest BCUT2D eigenvalue weighted by Crippen LogP contribution is -2.43. The van der Waals surface area contributed by atoms with Crippen LogP contribution in [0.1, 0.15) is 23.2 Å². The number of halogens is 1. The molecule has 0 radical (unpaired) electrons. The lowest BCUT2D eigenvalue weighted by atomic mass is 10.1. The van der Waals surface area contributed by atoms with Crippen molar-refractivity contribution in [3.8, 4) is 0 Å². The number of ether oxygens (including phenoxy) is 1. The summed E-state index contributed by atoms with van der Waals surface area (Å²) in [6.07, 6.45) is 1.08. The molecule has 0 aromatic heterocycles. The maximum absolute atomic E-state index is 13.5. The number of carbonyl (C=O) groups is 1. The average Bonchev–Trinajstić information content (AvgIpc) is 2.50. The summed E-state index contributed by atoms with van der Waals surface area (Å²) in [7, 11) is -2.40. The van der Waals surface area contributed by atoms with Crippen molar-refractivity contribution in [2.24, 2.45) is 0 Å². The second-order valence-electron chi connectivity index (χ2n) is 5.16. The van der Waals surface area contributed by atoms with Crippen molar-refractivity contribution in [3.63, 3.8) is 0 Å². The van der Waals surface area contributed by atoms with E-state index < -0.39 is 27.6 Å². The second-order valence-corrected chi connectivity index (χ2v) is 6.83. The average molecular weight is 347 g/mol. The van der Waals surface area contributed by atoms with Gasteiger partial charge in [-0.2, -0.15) is 12.7 Å². The van der Waals surface area contributed by atoms with Crippen LogP contribution in [0, 0.1) is 5.82 Å². The van der Waals surface area contributed by atoms with Gasteiger partial charge in [-0.15, -0.1) is 0 Å². The fourth-order valence-electron chi connectivity index (χ4n) is 2.39. The molecule has 1 aromatic rings. The van der Waals surface area contributed by atoms with Crippen LogP contribution >= 0.6 is 0 Å².